The topological polar surface area (TPSA) is 75.3 Å². The summed E-state index contributed by atoms with van der Waals surface area (Å²) in [6.07, 6.45) is 7.70. The summed E-state index contributed by atoms with van der Waals surface area (Å²) >= 11 is 0. The first-order valence-corrected chi connectivity index (χ1v) is 11.9. The maximum Gasteiger partial charge on any atom is 0.305 e. The number of unbranched alkanes of at least 4 members (excludes halogenated alkanes) is 5. The molecule has 1 rings (SSSR count). The van der Waals surface area contributed by atoms with E-state index in [9.17, 15) is 4.79 Å². The Morgan fingerprint density at radius 3 is 1.79 bits per heavy atom. The third-order valence-corrected chi connectivity index (χ3v) is 4.90. The molecule has 192 valence electrons. The molecule has 0 spiro atoms. The highest BCUT2D eigenvalue weighted by molar-refractivity contribution is 5.85. The minimum Gasteiger partial charge on any atom is -0.494 e. The molecule has 0 amide bonds. The summed E-state index contributed by atoms with van der Waals surface area (Å²) in [6, 6.07) is 8.25. The summed E-state index contributed by atoms with van der Waals surface area (Å²) in [5.74, 6) is 0.795. The van der Waals surface area contributed by atoms with Crippen molar-refractivity contribution in [2.45, 2.75) is 57.9 Å². The van der Waals surface area contributed by atoms with Crippen LogP contribution in [0, 0.1) is 0 Å². The number of benzene rings is 1. The second-order valence-electron chi connectivity index (χ2n) is 7.66. The predicted molar refractivity (Wildman–Crippen MR) is 133 cm³/mol. The Hall–Kier alpha value is -1.38. The Balaban J connectivity index is 0.0000102. The summed E-state index contributed by atoms with van der Waals surface area (Å²) in [4.78, 5) is 11.0. The van der Waals surface area contributed by atoms with Crippen molar-refractivity contribution in [2.75, 3.05) is 60.4 Å². The molecule has 1 aromatic rings. The van der Waals surface area contributed by atoms with Crippen LogP contribution in [-0.4, -0.2) is 66.4 Å². The van der Waals surface area contributed by atoms with E-state index in [1.165, 1.54) is 12.7 Å². The van der Waals surface area contributed by atoms with E-state index in [4.69, 9.17) is 18.9 Å². The Bertz CT molecular complexity index is 558. The van der Waals surface area contributed by atoms with E-state index < -0.39 is 0 Å². The van der Waals surface area contributed by atoms with Gasteiger partial charge >= 0.3 is 5.97 Å². The molecule has 0 atom stereocenters. The maximum atomic E-state index is 11.0. The third-order valence-electron chi connectivity index (χ3n) is 4.90. The minimum atomic E-state index is -0.144. The summed E-state index contributed by atoms with van der Waals surface area (Å²) in [5.41, 5.74) is 1.26. The van der Waals surface area contributed by atoms with E-state index in [1.807, 2.05) is 19.2 Å². The smallest absolute Gasteiger partial charge is 0.305 e. The molecule has 1 N–H and O–H groups in total. The minimum absolute atomic E-state index is 0. The molecule has 0 saturated heterocycles. The van der Waals surface area contributed by atoms with Crippen LogP contribution in [0.2, 0.25) is 0 Å². The van der Waals surface area contributed by atoms with Gasteiger partial charge in [0.2, 0.25) is 0 Å². The van der Waals surface area contributed by atoms with Crippen molar-refractivity contribution in [1.82, 2.24) is 5.32 Å². The van der Waals surface area contributed by atoms with E-state index in [-0.39, 0.29) is 18.4 Å². The van der Waals surface area contributed by atoms with Gasteiger partial charge in [0.25, 0.3) is 0 Å². The van der Waals surface area contributed by atoms with Crippen molar-refractivity contribution < 1.29 is 28.5 Å². The third kappa shape index (κ3) is 19.8. The van der Waals surface area contributed by atoms with Gasteiger partial charge in [-0.1, -0.05) is 25.0 Å². The fraction of sp³-hybridized carbons (Fsp3) is 0.720. The van der Waals surface area contributed by atoms with Crippen LogP contribution >= 0.6 is 12.4 Å². The van der Waals surface area contributed by atoms with E-state index in [0.717, 1.165) is 70.5 Å². The fourth-order valence-electron chi connectivity index (χ4n) is 3.05. The lowest BCUT2D eigenvalue weighted by atomic mass is 10.2. The number of nitrogens with one attached hydrogen (secondary N) is 1. The van der Waals surface area contributed by atoms with Crippen LogP contribution in [0.15, 0.2) is 24.3 Å². The molecule has 0 heterocycles. The van der Waals surface area contributed by atoms with Crippen molar-refractivity contribution in [3.05, 3.63) is 29.8 Å². The van der Waals surface area contributed by atoms with Gasteiger partial charge in [0, 0.05) is 26.2 Å². The number of carbonyl (C=O) groups excluding carboxylic acids is 1. The number of hydrogen-bond donors (Lipinski definition) is 1. The molecule has 0 bridgehead atoms. The highest BCUT2D eigenvalue weighted by Gasteiger charge is 1.99. The van der Waals surface area contributed by atoms with Crippen LogP contribution in [-0.2, 0) is 30.3 Å². The van der Waals surface area contributed by atoms with Gasteiger partial charge in [-0.05, 0) is 56.8 Å². The van der Waals surface area contributed by atoms with Crippen molar-refractivity contribution in [1.29, 1.82) is 0 Å². The molecule has 0 aliphatic carbocycles. The van der Waals surface area contributed by atoms with Crippen LogP contribution in [0.1, 0.15) is 56.9 Å². The lowest BCUT2D eigenvalue weighted by Gasteiger charge is -2.08. The van der Waals surface area contributed by atoms with Crippen molar-refractivity contribution in [3.63, 3.8) is 0 Å². The molecule has 0 aromatic heterocycles. The Morgan fingerprint density at radius 2 is 1.24 bits per heavy atom. The molecule has 0 fully saturated rings. The number of methoxy groups -OCH3 is 1. The zero-order valence-corrected chi connectivity index (χ0v) is 21.3. The maximum absolute atomic E-state index is 11.0. The number of rotatable bonds is 22. The zero-order valence-electron chi connectivity index (χ0n) is 20.5. The lowest BCUT2D eigenvalue weighted by Crippen LogP contribution is -2.10. The van der Waals surface area contributed by atoms with Crippen LogP contribution in [0.3, 0.4) is 0 Å². The SMILES string of the molecule is CNCc1ccc(OCCCCCCOCCOCCOCCCCCC(=O)OC)cc1.Cl. The Labute approximate surface area is 206 Å². The number of esters is 1. The predicted octanol–water partition coefficient (Wildman–Crippen LogP) is 4.55. The van der Waals surface area contributed by atoms with Gasteiger partial charge < -0.3 is 29.0 Å². The molecular formula is C25H44ClNO6. The van der Waals surface area contributed by atoms with Crippen LogP contribution < -0.4 is 10.1 Å². The Kier molecular flexibility index (Phi) is 22.8. The monoisotopic (exact) mass is 489 g/mol. The van der Waals surface area contributed by atoms with Crippen molar-refractivity contribution >= 4 is 18.4 Å². The molecule has 1 aromatic carbocycles. The van der Waals surface area contributed by atoms with E-state index in [2.05, 4.69) is 22.2 Å². The van der Waals surface area contributed by atoms with Gasteiger partial charge in [-0.3, -0.25) is 4.79 Å². The number of halogens is 1. The normalized spacial score (nSPS) is 10.6. The lowest BCUT2D eigenvalue weighted by molar-refractivity contribution is -0.140. The average molecular weight is 490 g/mol. The van der Waals surface area contributed by atoms with Gasteiger partial charge in [0.05, 0.1) is 40.1 Å². The fourth-order valence-corrected chi connectivity index (χ4v) is 3.05. The second-order valence-corrected chi connectivity index (χ2v) is 7.66. The van der Waals surface area contributed by atoms with E-state index in [1.54, 1.807) is 0 Å². The molecule has 0 radical (unpaired) electrons. The highest BCUT2D eigenvalue weighted by Crippen LogP contribution is 2.13. The summed E-state index contributed by atoms with van der Waals surface area (Å²) in [6.45, 7) is 5.53. The van der Waals surface area contributed by atoms with Gasteiger partial charge in [-0.15, -0.1) is 12.4 Å². The molecule has 33 heavy (non-hydrogen) atoms. The highest BCUT2D eigenvalue weighted by atomic mass is 35.5. The summed E-state index contributed by atoms with van der Waals surface area (Å²) < 4.78 is 27.0. The molecule has 0 saturated carbocycles. The summed E-state index contributed by atoms with van der Waals surface area (Å²) in [5, 5.41) is 3.14. The number of carbonyl (C=O) groups is 1. The average Bonchev–Trinajstić information content (AvgIpc) is 2.81. The molecule has 0 aliphatic heterocycles. The van der Waals surface area contributed by atoms with Crippen molar-refractivity contribution in [3.8, 4) is 5.75 Å². The van der Waals surface area contributed by atoms with Gasteiger partial charge in [0.1, 0.15) is 5.75 Å². The quantitative estimate of drug-likeness (QED) is 0.189. The number of ether oxygens (including phenoxy) is 5. The van der Waals surface area contributed by atoms with Crippen LogP contribution in [0.4, 0.5) is 0 Å². The van der Waals surface area contributed by atoms with Crippen LogP contribution in [0.5, 0.6) is 5.75 Å². The Morgan fingerprint density at radius 1 is 0.727 bits per heavy atom. The molecule has 8 heteroatoms. The van der Waals surface area contributed by atoms with Gasteiger partial charge in [0.15, 0.2) is 0 Å². The van der Waals surface area contributed by atoms with Crippen molar-refractivity contribution in [2.24, 2.45) is 0 Å². The van der Waals surface area contributed by atoms with Crippen LogP contribution in [0.25, 0.3) is 0 Å². The second kappa shape index (κ2) is 23.8. The van der Waals surface area contributed by atoms with E-state index in [0.29, 0.717) is 39.5 Å². The standard InChI is InChI=1S/C25H43NO6.ClH/c1-26-22-23-11-13-24(14-12-23)32-17-9-4-3-7-15-29-18-20-31-21-19-30-16-8-5-6-10-25(27)28-2;/h11-14,26H,3-10,15-22H2,1-2H3;1H. The van der Waals surface area contributed by atoms with Gasteiger partial charge in [-0.2, -0.15) is 0 Å². The molecule has 0 aliphatic rings. The largest absolute Gasteiger partial charge is 0.494 e. The molecular weight excluding hydrogens is 446 g/mol. The van der Waals surface area contributed by atoms with Gasteiger partial charge in [-0.25, -0.2) is 0 Å². The first-order valence-electron chi connectivity index (χ1n) is 11.9. The summed E-state index contributed by atoms with van der Waals surface area (Å²) in [7, 11) is 3.37. The molecule has 0 unspecified atom stereocenters. The number of hydrogen-bond acceptors (Lipinski definition) is 7. The molecule has 7 nitrogen and oxygen atoms in total. The first kappa shape index (κ1) is 31.6. The first-order chi connectivity index (χ1) is 15.8. The van der Waals surface area contributed by atoms with E-state index >= 15 is 0 Å². The zero-order chi connectivity index (χ0) is 23.1.